The fraction of sp³-hybridized carbons (Fsp3) is 0.750. The molecule has 3 heteroatoms. The fourth-order valence-electron chi connectivity index (χ4n) is 1.24. The van der Waals surface area contributed by atoms with Gasteiger partial charge in [0, 0.05) is 19.6 Å². The summed E-state index contributed by atoms with van der Waals surface area (Å²) >= 11 is 0. The zero-order chi connectivity index (χ0) is 11.5. The van der Waals surface area contributed by atoms with Crippen molar-refractivity contribution in [2.45, 2.75) is 45.8 Å². The SMILES string of the molecule is C=CCCCCC(=O)C(OCC)OCC. The summed E-state index contributed by atoms with van der Waals surface area (Å²) in [6.45, 7) is 8.36. The number of carbonyl (C=O) groups excluding carboxylic acids is 1. The molecule has 0 aromatic rings. The lowest BCUT2D eigenvalue weighted by atomic mass is 10.1. The molecule has 0 unspecified atom stereocenters. The van der Waals surface area contributed by atoms with E-state index in [0.717, 1.165) is 19.3 Å². The van der Waals surface area contributed by atoms with Crippen LogP contribution < -0.4 is 0 Å². The first kappa shape index (κ1) is 14.3. The number of rotatable bonds is 10. The minimum Gasteiger partial charge on any atom is -0.346 e. The number of carbonyl (C=O) groups is 1. The van der Waals surface area contributed by atoms with E-state index in [0.29, 0.717) is 19.6 Å². The molecule has 0 bridgehead atoms. The molecule has 0 N–H and O–H groups in total. The van der Waals surface area contributed by atoms with Gasteiger partial charge in [0.1, 0.15) is 0 Å². The molecule has 0 aromatic carbocycles. The maximum absolute atomic E-state index is 11.6. The molecular formula is C12H22O3. The van der Waals surface area contributed by atoms with Gasteiger partial charge in [-0.2, -0.15) is 0 Å². The van der Waals surface area contributed by atoms with Crippen molar-refractivity contribution in [1.82, 2.24) is 0 Å². The van der Waals surface area contributed by atoms with Crippen molar-refractivity contribution in [3.8, 4) is 0 Å². The topological polar surface area (TPSA) is 35.5 Å². The van der Waals surface area contributed by atoms with Crippen molar-refractivity contribution in [1.29, 1.82) is 0 Å². The van der Waals surface area contributed by atoms with Crippen LogP contribution in [0.5, 0.6) is 0 Å². The summed E-state index contributed by atoms with van der Waals surface area (Å²) in [5, 5.41) is 0. The molecule has 0 aliphatic heterocycles. The Bertz CT molecular complexity index is 172. The van der Waals surface area contributed by atoms with Crippen LogP contribution in [-0.4, -0.2) is 25.3 Å². The number of hydrogen-bond acceptors (Lipinski definition) is 3. The van der Waals surface area contributed by atoms with Gasteiger partial charge in [-0.25, -0.2) is 0 Å². The molecule has 0 atom stereocenters. The zero-order valence-electron chi connectivity index (χ0n) is 9.83. The van der Waals surface area contributed by atoms with Gasteiger partial charge in [-0.05, 0) is 33.1 Å². The van der Waals surface area contributed by atoms with E-state index in [1.54, 1.807) is 0 Å². The summed E-state index contributed by atoms with van der Waals surface area (Å²) in [4.78, 5) is 11.6. The smallest absolute Gasteiger partial charge is 0.217 e. The first-order valence-corrected chi connectivity index (χ1v) is 5.63. The molecule has 0 rings (SSSR count). The van der Waals surface area contributed by atoms with Crippen molar-refractivity contribution < 1.29 is 14.3 Å². The van der Waals surface area contributed by atoms with E-state index in [1.165, 1.54) is 0 Å². The predicted octanol–water partition coefficient (Wildman–Crippen LogP) is 2.70. The molecule has 88 valence electrons. The number of ether oxygens (including phenoxy) is 2. The highest BCUT2D eigenvalue weighted by molar-refractivity contribution is 5.81. The van der Waals surface area contributed by atoms with Crippen molar-refractivity contribution >= 4 is 5.78 Å². The van der Waals surface area contributed by atoms with Gasteiger partial charge in [-0.3, -0.25) is 4.79 Å². The van der Waals surface area contributed by atoms with Crippen LogP contribution in [0.3, 0.4) is 0 Å². The number of allylic oxidation sites excluding steroid dienone is 1. The van der Waals surface area contributed by atoms with Crippen LogP contribution in [0, 0.1) is 0 Å². The molecule has 0 amide bonds. The normalized spacial score (nSPS) is 10.6. The lowest BCUT2D eigenvalue weighted by Gasteiger charge is -2.15. The highest BCUT2D eigenvalue weighted by Crippen LogP contribution is 2.06. The van der Waals surface area contributed by atoms with E-state index in [9.17, 15) is 4.79 Å². The second-order valence-corrected chi connectivity index (χ2v) is 3.24. The molecule has 0 heterocycles. The van der Waals surface area contributed by atoms with E-state index >= 15 is 0 Å². The largest absolute Gasteiger partial charge is 0.346 e. The number of hydrogen-bond donors (Lipinski definition) is 0. The molecule has 0 aliphatic carbocycles. The van der Waals surface area contributed by atoms with E-state index in [1.807, 2.05) is 19.9 Å². The fourth-order valence-corrected chi connectivity index (χ4v) is 1.24. The monoisotopic (exact) mass is 214 g/mol. The van der Waals surface area contributed by atoms with Gasteiger partial charge in [0.15, 0.2) is 5.78 Å². The lowest BCUT2D eigenvalue weighted by molar-refractivity contribution is -0.168. The summed E-state index contributed by atoms with van der Waals surface area (Å²) in [5.41, 5.74) is 0. The van der Waals surface area contributed by atoms with Crippen LogP contribution in [0.25, 0.3) is 0 Å². The zero-order valence-corrected chi connectivity index (χ0v) is 9.83. The highest BCUT2D eigenvalue weighted by Gasteiger charge is 2.17. The molecule has 15 heavy (non-hydrogen) atoms. The summed E-state index contributed by atoms with van der Waals surface area (Å²) < 4.78 is 10.4. The van der Waals surface area contributed by atoms with Gasteiger partial charge in [0.25, 0.3) is 0 Å². The maximum Gasteiger partial charge on any atom is 0.217 e. The maximum atomic E-state index is 11.6. The highest BCUT2D eigenvalue weighted by atomic mass is 16.7. The van der Waals surface area contributed by atoms with Gasteiger partial charge in [0.05, 0.1) is 0 Å². The van der Waals surface area contributed by atoms with Crippen molar-refractivity contribution in [3.63, 3.8) is 0 Å². The van der Waals surface area contributed by atoms with Crippen molar-refractivity contribution in [2.24, 2.45) is 0 Å². The van der Waals surface area contributed by atoms with Crippen LogP contribution in [0.1, 0.15) is 39.5 Å². The van der Waals surface area contributed by atoms with Crippen LogP contribution in [0.4, 0.5) is 0 Å². The average molecular weight is 214 g/mol. The third kappa shape index (κ3) is 7.28. The minimum atomic E-state index is -0.663. The van der Waals surface area contributed by atoms with Crippen LogP contribution >= 0.6 is 0 Å². The van der Waals surface area contributed by atoms with Gasteiger partial charge >= 0.3 is 0 Å². The van der Waals surface area contributed by atoms with Crippen LogP contribution in [0.15, 0.2) is 12.7 Å². The van der Waals surface area contributed by atoms with E-state index < -0.39 is 6.29 Å². The average Bonchev–Trinajstić information content (AvgIpc) is 2.24. The second kappa shape index (κ2) is 9.87. The second-order valence-electron chi connectivity index (χ2n) is 3.24. The standard InChI is InChI=1S/C12H22O3/c1-4-7-8-9-10-11(13)12(14-5-2)15-6-3/h4,12H,1,5-10H2,2-3H3. The number of unbranched alkanes of at least 4 members (excludes halogenated alkanes) is 2. The Morgan fingerprint density at radius 2 is 1.87 bits per heavy atom. The Morgan fingerprint density at radius 3 is 2.33 bits per heavy atom. The molecule has 0 radical (unpaired) electrons. The van der Waals surface area contributed by atoms with Crippen molar-refractivity contribution in [2.75, 3.05) is 13.2 Å². The molecule has 0 saturated carbocycles. The van der Waals surface area contributed by atoms with E-state index in [-0.39, 0.29) is 5.78 Å². The Balaban J connectivity index is 3.75. The van der Waals surface area contributed by atoms with E-state index in [2.05, 4.69) is 6.58 Å². The molecule has 0 saturated heterocycles. The summed E-state index contributed by atoms with van der Waals surface area (Å²) in [6, 6.07) is 0. The summed E-state index contributed by atoms with van der Waals surface area (Å²) in [6.07, 6.45) is 4.57. The Morgan fingerprint density at radius 1 is 1.27 bits per heavy atom. The van der Waals surface area contributed by atoms with Crippen LogP contribution in [0.2, 0.25) is 0 Å². The first-order valence-electron chi connectivity index (χ1n) is 5.63. The quantitative estimate of drug-likeness (QED) is 0.318. The first-order chi connectivity index (χ1) is 7.26. The lowest BCUT2D eigenvalue weighted by Crippen LogP contribution is -2.27. The summed E-state index contributed by atoms with van der Waals surface area (Å²) in [7, 11) is 0. The molecule has 0 fully saturated rings. The minimum absolute atomic E-state index is 0.0442. The van der Waals surface area contributed by atoms with Gasteiger partial charge in [0.2, 0.25) is 6.29 Å². The van der Waals surface area contributed by atoms with E-state index in [4.69, 9.17) is 9.47 Å². The molecular weight excluding hydrogens is 192 g/mol. The predicted molar refractivity (Wildman–Crippen MR) is 60.7 cm³/mol. The van der Waals surface area contributed by atoms with Crippen molar-refractivity contribution in [3.05, 3.63) is 12.7 Å². The van der Waals surface area contributed by atoms with Crippen LogP contribution in [-0.2, 0) is 14.3 Å². The Labute approximate surface area is 92.5 Å². The Hall–Kier alpha value is -0.670. The summed E-state index contributed by atoms with van der Waals surface area (Å²) in [5.74, 6) is 0.0442. The molecule has 0 aromatic heterocycles. The number of Topliss-reactive ketones (excluding diaryl/α,β-unsaturated/α-hetero) is 1. The Kier molecular flexibility index (Phi) is 9.43. The molecule has 3 nitrogen and oxygen atoms in total. The van der Waals surface area contributed by atoms with Gasteiger partial charge in [-0.15, -0.1) is 6.58 Å². The third-order valence-electron chi connectivity index (χ3n) is 1.98. The van der Waals surface area contributed by atoms with Gasteiger partial charge < -0.3 is 9.47 Å². The molecule has 0 spiro atoms. The van der Waals surface area contributed by atoms with Gasteiger partial charge in [-0.1, -0.05) is 6.08 Å². The number of ketones is 1. The third-order valence-corrected chi connectivity index (χ3v) is 1.98. The molecule has 0 aliphatic rings.